The number of hydrogen-bond acceptors (Lipinski definition) is 4. The van der Waals surface area contributed by atoms with Gasteiger partial charge >= 0.3 is 12.1 Å². The van der Waals surface area contributed by atoms with Crippen molar-refractivity contribution in [3.63, 3.8) is 0 Å². The standard InChI is InChI=1S/C17H23NO4/c1-17(2,3)22-16(20)18-10-13(12-8-6-5-7-9-12)14(11-18)15(19)21-4/h5-9,13-14H,10-11H2,1-4H3/t13-,14-/m0/s1. The Labute approximate surface area is 131 Å². The van der Waals surface area contributed by atoms with Crippen LogP contribution in [-0.4, -0.2) is 42.8 Å². The van der Waals surface area contributed by atoms with Crippen LogP contribution >= 0.6 is 0 Å². The molecule has 1 aliphatic heterocycles. The van der Waals surface area contributed by atoms with Crippen LogP contribution in [0.3, 0.4) is 0 Å². The van der Waals surface area contributed by atoms with Crippen LogP contribution in [0.25, 0.3) is 0 Å². The van der Waals surface area contributed by atoms with Crippen LogP contribution in [-0.2, 0) is 14.3 Å². The maximum absolute atomic E-state index is 12.2. The number of carbonyl (C=O) groups is 2. The Hall–Kier alpha value is -2.04. The van der Waals surface area contributed by atoms with E-state index in [4.69, 9.17) is 9.47 Å². The van der Waals surface area contributed by atoms with Crippen molar-refractivity contribution >= 4 is 12.1 Å². The first-order valence-corrected chi connectivity index (χ1v) is 7.42. The summed E-state index contributed by atoms with van der Waals surface area (Å²) >= 11 is 0. The first kappa shape index (κ1) is 16.3. The van der Waals surface area contributed by atoms with Gasteiger partial charge in [0.25, 0.3) is 0 Å². The fraction of sp³-hybridized carbons (Fsp3) is 0.529. The lowest BCUT2D eigenvalue weighted by atomic mass is 9.89. The fourth-order valence-corrected chi connectivity index (χ4v) is 2.71. The minimum absolute atomic E-state index is 0.0684. The number of rotatable bonds is 2. The Kier molecular flexibility index (Phi) is 4.74. The van der Waals surface area contributed by atoms with Crippen molar-refractivity contribution in [1.29, 1.82) is 0 Å². The van der Waals surface area contributed by atoms with Crippen molar-refractivity contribution in [2.45, 2.75) is 32.3 Å². The van der Waals surface area contributed by atoms with Gasteiger partial charge in [0.1, 0.15) is 5.60 Å². The molecule has 5 heteroatoms. The highest BCUT2D eigenvalue weighted by molar-refractivity contribution is 5.77. The van der Waals surface area contributed by atoms with E-state index in [1.54, 1.807) is 4.90 Å². The summed E-state index contributed by atoms with van der Waals surface area (Å²) in [5.41, 5.74) is 0.479. The summed E-state index contributed by atoms with van der Waals surface area (Å²) in [6, 6.07) is 9.73. The normalized spacial score (nSPS) is 21.5. The van der Waals surface area contributed by atoms with Crippen LogP contribution < -0.4 is 0 Å². The third-order valence-electron chi connectivity index (χ3n) is 3.70. The van der Waals surface area contributed by atoms with E-state index in [-0.39, 0.29) is 23.9 Å². The zero-order valence-corrected chi connectivity index (χ0v) is 13.5. The number of likely N-dealkylation sites (tertiary alicyclic amines) is 1. The molecular weight excluding hydrogens is 282 g/mol. The number of esters is 1. The zero-order valence-electron chi connectivity index (χ0n) is 13.5. The first-order chi connectivity index (χ1) is 10.3. The van der Waals surface area contributed by atoms with Crippen molar-refractivity contribution < 1.29 is 19.1 Å². The second-order valence-electron chi connectivity index (χ2n) is 6.53. The number of benzene rings is 1. The summed E-state index contributed by atoms with van der Waals surface area (Å²) in [5, 5.41) is 0. The first-order valence-electron chi connectivity index (χ1n) is 7.42. The molecule has 1 amide bonds. The molecule has 0 spiro atoms. The summed E-state index contributed by atoms with van der Waals surface area (Å²) in [7, 11) is 1.38. The van der Waals surface area contributed by atoms with E-state index in [1.165, 1.54) is 7.11 Å². The number of amides is 1. The highest BCUT2D eigenvalue weighted by Crippen LogP contribution is 2.34. The lowest BCUT2D eigenvalue weighted by Gasteiger charge is -2.24. The molecular formula is C17H23NO4. The third kappa shape index (κ3) is 3.78. The molecule has 0 aromatic heterocycles. The third-order valence-corrected chi connectivity index (χ3v) is 3.70. The van der Waals surface area contributed by atoms with Gasteiger partial charge in [0.15, 0.2) is 0 Å². The summed E-state index contributed by atoms with van der Waals surface area (Å²) in [5.74, 6) is -0.721. The van der Waals surface area contributed by atoms with Gasteiger partial charge in [-0.1, -0.05) is 30.3 Å². The monoisotopic (exact) mass is 305 g/mol. The van der Waals surface area contributed by atoms with E-state index in [9.17, 15) is 9.59 Å². The molecule has 2 rings (SSSR count). The predicted octanol–water partition coefficient (Wildman–Crippen LogP) is 2.81. The number of ether oxygens (including phenoxy) is 2. The van der Waals surface area contributed by atoms with E-state index in [0.717, 1.165) is 5.56 Å². The summed E-state index contributed by atoms with van der Waals surface area (Å²) < 4.78 is 10.3. The molecule has 1 fully saturated rings. The van der Waals surface area contributed by atoms with Crippen molar-refractivity contribution in [3.8, 4) is 0 Å². The van der Waals surface area contributed by atoms with Gasteiger partial charge in [-0.25, -0.2) is 4.79 Å². The van der Waals surface area contributed by atoms with Gasteiger partial charge in [-0.2, -0.15) is 0 Å². The Bertz CT molecular complexity index is 535. The highest BCUT2D eigenvalue weighted by atomic mass is 16.6. The van der Waals surface area contributed by atoms with E-state index < -0.39 is 5.60 Å². The van der Waals surface area contributed by atoms with Gasteiger partial charge in [-0.15, -0.1) is 0 Å². The van der Waals surface area contributed by atoms with Gasteiger partial charge in [0.05, 0.1) is 13.0 Å². The van der Waals surface area contributed by atoms with Crippen molar-refractivity contribution in [3.05, 3.63) is 35.9 Å². The van der Waals surface area contributed by atoms with Gasteiger partial charge in [-0.05, 0) is 26.3 Å². The molecule has 0 aliphatic carbocycles. The summed E-state index contributed by atoms with van der Waals surface area (Å²) in [6.07, 6.45) is -0.389. The SMILES string of the molecule is COC(=O)[C@H]1CN(C(=O)OC(C)(C)C)C[C@H]1c1ccccc1. The maximum Gasteiger partial charge on any atom is 0.410 e. The Balaban J connectivity index is 2.18. The quantitative estimate of drug-likeness (QED) is 0.788. The number of hydrogen-bond donors (Lipinski definition) is 0. The highest BCUT2D eigenvalue weighted by Gasteiger charge is 2.42. The molecule has 0 bridgehead atoms. The zero-order chi connectivity index (χ0) is 16.3. The van der Waals surface area contributed by atoms with E-state index in [0.29, 0.717) is 13.1 Å². The molecule has 1 heterocycles. The van der Waals surface area contributed by atoms with Crippen LogP contribution in [0, 0.1) is 5.92 Å². The van der Waals surface area contributed by atoms with Gasteiger partial charge in [-0.3, -0.25) is 4.79 Å². The molecule has 0 unspecified atom stereocenters. The molecule has 1 saturated heterocycles. The second kappa shape index (κ2) is 6.38. The average Bonchev–Trinajstić information content (AvgIpc) is 2.91. The largest absolute Gasteiger partial charge is 0.469 e. The van der Waals surface area contributed by atoms with Crippen molar-refractivity contribution in [2.24, 2.45) is 5.92 Å². The van der Waals surface area contributed by atoms with Crippen molar-refractivity contribution in [2.75, 3.05) is 20.2 Å². The lowest BCUT2D eigenvalue weighted by molar-refractivity contribution is -0.145. The predicted molar refractivity (Wildman–Crippen MR) is 82.5 cm³/mol. The molecule has 0 N–H and O–H groups in total. The molecule has 2 atom stereocenters. The molecule has 5 nitrogen and oxygen atoms in total. The topological polar surface area (TPSA) is 55.8 Å². The van der Waals surface area contributed by atoms with Gasteiger partial charge < -0.3 is 14.4 Å². The van der Waals surface area contributed by atoms with Crippen LogP contribution in [0.1, 0.15) is 32.3 Å². The minimum Gasteiger partial charge on any atom is -0.469 e. The Morgan fingerprint density at radius 3 is 2.32 bits per heavy atom. The molecule has 1 aromatic carbocycles. The summed E-state index contributed by atoms with van der Waals surface area (Å²) in [4.78, 5) is 25.9. The van der Waals surface area contributed by atoms with Crippen LogP contribution in [0.15, 0.2) is 30.3 Å². The van der Waals surface area contributed by atoms with Gasteiger partial charge in [0, 0.05) is 19.0 Å². The number of nitrogens with zero attached hydrogens (tertiary/aromatic N) is 1. The molecule has 1 aromatic rings. The maximum atomic E-state index is 12.2. The molecule has 0 radical (unpaired) electrons. The smallest absolute Gasteiger partial charge is 0.410 e. The fourth-order valence-electron chi connectivity index (χ4n) is 2.71. The Morgan fingerprint density at radius 2 is 1.77 bits per heavy atom. The number of carbonyl (C=O) groups excluding carboxylic acids is 2. The van der Waals surface area contributed by atoms with Crippen LogP contribution in [0.5, 0.6) is 0 Å². The van der Waals surface area contributed by atoms with E-state index in [1.807, 2.05) is 51.1 Å². The van der Waals surface area contributed by atoms with Crippen LogP contribution in [0.4, 0.5) is 4.79 Å². The lowest BCUT2D eigenvalue weighted by Crippen LogP contribution is -2.36. The Morgan fingerprint density at radius 1 is 1.14 bits per heavy atom. The van der Waals surface area contributed by atoms with Crippen molar-refractivity contribution in [1.82, 2.24) is 4.90 Å². The van der Waals surface area contributed by atoms with Gasteiger partial charge in [0.2, 0.25) is 0 Å². The molecule has 1 aliphatic rings. The summed E-state index contributed by atoms with van der Waals surface area (Å²) in [6.45, 7) is 6.26. The molecule has 120 valence electrons. The second-order valence-corrected chi connectivity index (χ2v) is 6.53. The van der Waals surface area contributed by atoms with E-state index >= 15 is 0 Å². The average molecular weight is 305 g/mol. The molecule has 22 heavy (non-hydrogen) atoms. The minimum atomic E-state index is -0.553. The van der Waals surface area contributed by atoms with E-state index in [2.05, 4.69) is 0 Å². The molecule has 0 saturated carbocycles. The van der Waals surface area contributed by atoms with Crippen LogP contribution in [0.2, 0.25) is 0 Å². The number of methoxy groups -OCH3 is 1.